The van der Waals surface area contributed by atoms with E-state index in [2.05, 4.69) is 9.98 Å². The van der Waals surface area contributed by atoms with Gasteiger partial charge in [0.2, 0.25) is 17.5 Å². The summed E-state index contributed by atoms with van der Waals surface area (Å²) in [4.78, 5) is 36.3. The summed E-state index contributed by atoms with van der Waals surface area (Å²) < 4.78 is 55.9. The average molecular weight is 674 g/mol. The Morgan fingerprint density at radius 3 is 2.33 bits per heavy atom. The average Bonchev–Trinajstić information content (AvgIpc) is 3.53. The molecule has 11 nitrogen and oxygen atoms in total. The summed E-state index contributed by atoms with van der Waals surface area (Å²) in [6.07, 6.45) is -0.418. The third-order valence-corrected chi connectivity index (χ3v) is 7.70. The van der Waals surface area contributed by atoms with E-state index in [1.165, 1.54) is 7.05 Å². The topological polar surface area (TPSA) is 129 Å². The lowest BCUT2D eigenvalue weighted by Crippen LogP contribution is -2.41. The highest BCUT2D eigenvalue weighted by molar-refractivity contribution is 5.99. The van der Waals surface area contributed by atoms with E-state index in [-0.39, 0.29) is 43.3 Å². The number of amides is 1. The molecular formula is C36H37F2N5O6. The summed E-state index contributed by atoms with van der Waals surface area (Å²) in [7, 11) is 3.20. The van der Waals surface area contributed by atoms with Gasteiger partial charge in [-0.05, 0) is 43.2 Å². The van der Waals surface area contributed by atoms with Crippen LogP contribution < -0.4 is 24.8 Å². The zero-order chi connectivity index (χ0) is 34.9. The molecule has 1 aliphatic rings. The van der Waals surface area contributed by atoms with Crippen LogP contribution in [0.5, 0.6) is 29.0 Å². The van der Waals surface area contributed by atoms with Gasteiger partial charge in [0, 0.05) is 32.6 Å². The van der Waals surface area contributed by atoms with Gasteiger partial charge in [0.25, 0.3) is 11.8 Å². The van der Waals surface area contributed by atoms with Gasteiger partial charge in [-0.15, -0.1) is 0 Å². The predicted octanol–water partition coefficient (Wildman–Crippen LogP) is 5.85. The number of carbonyl (C=O) groups excluding carboxylic acids is 2. The third-order valence-electron chi connectivity index (χ3n) is 7.70. The van der Waals surface area contributed by atoms with Crippen molar-refractivity contribution in [2.24, 2.45) is 10.7 Å². The van der Waals surface area contributed by atoms with Crippen molar-refractivity contribution in [3.8, 4) is 29.0 Å². The van der Waals surface area contributed by atoms with E-state index in [0.717, 1.165) is 28.4 Å². The fraction of sp³-hybridized carbons (Fsp3) is 0.278. The van der Waals surface area contributed by atoms with Gasteiger partial charge in [-0.25, -0.2) is 4.79 Å². The second kappa shape index (κ2) is 15.9. The number of nitrogens with two attached hydrogens (primary N) is 1. The van der Waals surface area contributed by atoms with Crippen molar-refractivity contribution in [1.82, 2.24) is 9.88 Å². The first-order valence-electron chi connectivity index (χ1n) is 15.7. The van der Waals surface area contributed by atoms with Gasteiger partial charge in [0.15, 0.2) is 11.5 Å². The van der Waals surface area contributed by atoms with E-state index in [1.54, 1.807) is 49.4 Å². The second-order valence-electron chi connectivity index (χ2n) is 11.2. The zero-order valence-corrected chi connectivity index (χ0v) is 27.4. The van der Waals surface area contributed by atoms with E-state index in [4.69, 9.17) is 24.7 Å². The first kappa shape index (κ1) is 34.6. The highest BCUT2D eigenvalue weighted by Gasteiger charge is 2.33. The Hall–Kier alpha value is -5.72. The van der Waals surface area contributed by atoms with Crippen molar-refractivity contribution < 1.29 is 37.3 Å². The molecule has 2 heterocycles. The number of pyridine rings is 1. The molecule has 13 heteroatoms. The fourth-order valence-electron chi connectivity index (χ4n) is 5.22. The van der Waals surface area contributed by atoms with Crippen LogP contribution in [0.25, 0.3) is 0 Å². The molecule has 1 aromatic heterocycles. The van der Waals surface area contributed by atoms with Gasteiger partial charge in [0.1, 0.15) is 29.9 Å². The van der Waals surface area contributed by atoms with Crippen LogP contribution in [0, 0.1) is 11.6 Å². The standard InChI is InChI=1S/C36H37F2N5O6/c1-4-46-36(45)26(17-18-29(39)44)43(3)32-30(37)34(48-25-14-10-13-24(21-25)33-40-19-20-42(33)2)41-35(31(32)38)49-28-16-9-8-15-27(28)47-22-23-11-6-5-7-12-23/h5-16,21,26H,4,17-20,22H2,1-3H3,(H2,39,44). The summed E-state index contributed by atoms with van der Waals surface area (Å²) in [6.45, 7) is 3.17. The first-order valence-corrected chi connectivity index (χ1v) is 15.7. The molecule has 0 fully saturated rings. The molecule has 3 aromatic carbocycles. The van der Waals surface area contributed by atoms with Crippen molar-refractivity contribution in [1.29, 1.82) is 0 Å². The number of halogens is 2. The third kappa shape index (κ3) is 8.42. The summed E-state index contributed by atoms with van der Waals surface area (Å²) >= 11 is 0. The van der Waals surface area contributed by atoms with Crippen molar-refractivity contribution in [2.45, 2.75) is 32.4 Å². The van der Waals surface area contributed by atoms with Crippen molar-refractivity contribution in [3.05, 3.63) is 102 Å². The monoisotopic (exact) mass is 673 g/mol. The zero-order valence-electron chi connectivity index (χ0n) is 27.4. The summed E-state index contributed by atoms with van der Waals surface area (Å²) in [5.41, 5.74) is 6.27. The minimum absolute atomic E-state index is 0.000360. The number of nitrogens with zero attached hydrogens (tertiary/aromatic N) is 4. The molecule has 1 amide bonds. The number of ether oxygens (including phenoxy) is 4. The maximum absolute atomic E-state index is 16.5. The Balaban J connectivity index is 1.56. The lowest BCUT2D eigenvalue weighted by molar-refractivity contribution is -0.144. The lowest BCUT2D eigenvalue weighted by Gasteiger charge is -2.29. The lowest BCUT2D eigenvalue weighted by atomic mass is 10.1. The molecule has 0 spiro atoms. The van der Waals surface area contributed by atoms with E-state index in [1.807, 2.05) is 48.3 Å². The van der Waals surface area contributed by atoms with E-state index in [0.29, 0.717) is 6.54 Å². The maximum Gasteiger partial charge on any atom is 0.328 e. The molecule has 0 bridgehead atoms. The predicted molar refractivity (Wildman–Crippen MR) is 179 cm³/mol. The molecule has 1 atom stereocenters. The quantitative estimate of drug-likeness (QED) is 0.155. The molecule has 0 aliphatic carbocycles. The number of para-hydroxylation sites is 2. The summed E-state index contributed by atoms with van der Waals surface area (Å²) in [5.74, 6) is -3.92. The Bertz CT molecular complexity index is 1820. The van der Waals surface area contributed by atoms with Crippen LogP contribution in [0.2, 0.25) is 0 Å². The van der Waals surface area contributed by atoms with E-state index < -0.39 is 47.0 Å². The molecule has 0 radical (unpaired) electrons. The van der Waals surface area contributed by atoms with Crippen LogP contribution in [-0.4, -0.2) is 67.4 Å². The van der Waals surface area contributed by atoms with Crippen LogP contribution in [0.15, 0.2) is 83.9 Å². The smallest absolute Gasteiger partial charge is 0.328 e. The minimum Gasteiger partial charge on any atom is -0.485 e. The van der Waals surface area contributed by atoms with E-state index >= 15 is 8.78 Å². The van der Waals surface area contributed by atoms with Crippen LogP contribution in [0.3, 0.4) is 0 Å². The number of carbonyl (C=O) groups is 2. The number of hydrogen-bond acceptors (Lipinski definition) is 10. The van der Waals surface area contributed by atoms with Gasteiger partial charge in [-0.2, -0.15) is 13.8 Å². The van der Waals surface area contributed by atoms with Gasteiger partial charge < -0.3 is 34.5 Å². The molecule has 1 aliphatic heterocycles. The summed E-state index contributed by atoms with van der Waals surface area (Å²) in [5, 5.41) is 0. The number of aliphatic imine (C=N–C) groups is 1. The number of likely N-dealkylation sites (N-methyl/N-ethyl adjacent to an activating group) is 2. The SMILES string of the molecule is CCOC(=O)C(CCC(N)=O)N(C)c1c(F)c(Oc2cccc(C3=NCCN3C)c2)nc(Oc2ccccc2OCc2ccccc2)c1F. The van der Waals surface area contributed by atoms with Gasteiger partial charge in [-0.3, -0.25) is 9.79 Å². The highest BCUT2D eigenvalue weighted by Crippen LogP contribution is 2.40. The Morgan fingerprint density at radius 2 is 1.65 bits per heavy atom. The highest BCUT2D eigenvalue weighted by atomic mass is 19.1. The maximum atomic E-state index is 16.5. The molecule has 0 saturated heterocycles. The largest absolute Gasteiger partial charge is 0.485 e. The number of hydrogen-bond donors (Lipinski definition) is 1. The first-order chi connectivity index (χ1) is 23.7. The molecule has 1 unspecified atom stereocenters. The van der Waals surface area contributed by atoms with Gasteiger partial charge in [0.05, 0.1) is 13.2 Å². The second-order valence-corrected chi connectivity index (χ2v) is 11.2. The number of benzene rings is 3. The molecule has 49 heavy (non-hydrogen) atoms. The Labute approximate surface area is 282 Å². The van der Waals surface area contributed by atoms with Crippen LogP contribution in [0.4, 0.5) is 14.5 Å². The number of aromatic nitrogens is 1. The Kier molecular flexibility index (Phi) is 11.2. The molecule has 5 rings (SSSR count). The van der Waals surface area contributed by atoms with Crippen molar-refractivity contribution in [2.75, 3.05) is 38.7 Å². The van der Waals surface area contributed by atoms with Gasteiger partial charge >= 0.3 is 5.97 Å². The number of esters is 1. The number of amidine groups is 1. The van der Waals surface area contributed by atoms with Gasteiger partial charge in [-0.1, -0.05) is 54.6 Å². The molecule has 0 saturated carbocycles. The van der Waals surface area contributed by atoms with Crippen LogP contribution in [0.1, 0.15) is 30.9 Å². The minimum atomic E-state index is -1.29. The summed E-state index contributed by atoms with van der Waals surface area (Å²) in [6, 6.07) is 21.5. The fourth-order valence-corrected chi connectivity index (χ4v) is 5.22. The molecular weight excluding hydrogens is 636 g/mol. The van der Waals surface area contributed by atoms with Crippen LogP contribution in [-0.2, 0) is 20.9 Å². The molecule has 4 aromatic rings. The normalized spacial score (nSPS) is 13.0. The molecule has 256 valence electrons. The molecule has 2 N–H and O–H groups in total. The number of rotatable bonds is 15. The van der Waals surface area contributed by atoms with E-state index in [9.17, 15) is 9.59 Å². The Morgan fingerprint density at radius 1 is 0.959 bits per heavy atom. The van der Waals surface area contributed by atoms with Crippen molar-refractivity contribution in [3.63, 3.8) is 0 Å². The number of anilines is 1. The van der Waals surface area contributed by atoms with Crippen LogP contribution >= 0.6 is 0 Å². The number of primary amides is 1. The van der Waals surface area contributed by atoms with Crippen molar-refractivity contribution >= 4 is 23.4 Å².